The van der Waals surface area contributed by atoms with Gasteiger partial charge in [0.2, 0.25) is 0 Å². The minimum atomic E-state index is -0.147. The van der Waals surface area contributed by atoms with Crippen LogP contribution in [0, 0.1) is 0 Å². The summed E-state index contributed by atoms with van der Waals surface area (Å²) >= 11 is 5.36. The first-order valence-corrected chi connectivity index (χ1v) is 4.07. The Morgan fingerprint density at radius 3 is 2.73 bits per heavy atom. The van der Waals surface area contributed by atoms with Gasteiger partial charge >= 0.3 is 6.03 Å². The van der Waals surface area contributed by atoms with E-state index in [2.05, 4.69) is 10.6 Å². The zero-order chi connectivity index (χ0) is 8.53. The first-order valence-electron chi connectivity index (χ1n) is 3.54. The van der Waals surface area contributed by atoms with Crippen LogP contribution in [0.2, 0.25) is 0 Å². The lowest BCUT2D eigenvalue weighted by Gasteiger charge is -2.01. The third-order valence-corrected chi connectivity index (χ3v) is 1.15. The predicted molar refractivity (Wildman–Crippen MR) is 46.9 cm³/mol. The smallest absolute Gasteiger partial charge is 0.315 e. The molecule has 0 saturated carbocycles. The largest absolute Gasteiger partial charge is 0.338 e. The number of carbonyl (C=O) groups excluding carboxylic acids is 1. The molecule has 0 aromatic heterocycles. The number of urea groups is 1. The van der Waals surface area contributed by atoms with Crippen LogP contribution < -0.4 is 10.6 Å². The quantitative estimate of drug-likeness (QED) is 0.489. The van der Waals surface area contributed by atoms with E-state index in [-0.39, 0.29) is 6.03 Å². The van der Waals surface area contributed by atoms with Crippen LogP contribution >= 0.6 is 11.6 Å². The zero-order valence-electron chi connectivity index (χ0n) is 6.56. The van der Waals surface area contributed by atoms with Gasteiger partial charge in [-0.05, 0) is 6.92 Å². The van der Waals surface area contributed by atoms with E-state index in [9.17, 15) is 4.79 Å². The lowest BCUT2D eigenvalue weighted by molar-refractivity contribution is 0.242. The molecule has 64 valence electrons. The van der Waals surface area contributed by atoms with Crippen molar-refractivity contribution in [2.45, 2.75) is 6.92 Å². The number of rotatable bonds is 4. The van der Waals surface area contributed by atoms with Crippen molar-refractivity contribution in [2.24, 2.45) is 0 Å². The molecular weight excluding hydrogens is 164 g/mol. The van der Waals surface area contributed by atoms with E-state index in [0.29, 0.717) is 19.0 Å². The number of hydrogen-bond donors (Lipinski definition) is 2. The highest BCUT2D eigenvalue weighted by atomic mass is 35.5. The van der Waals surface area contributed by atoms with E-state index in [4.69, 9.17) is 11.6 Å². The third kappa shape index (κ3) is 7.19. The van der Waals surface area contributed by atoms with E-state index < -0.39 is 0 Å². The lowest BCUT2D eigenvalue weighted by atomic mass is 10.5. The molecule has 3 nitrogen and oxygen atoms in total. The molecule has 0 saturated heterocycles. The van der Waals surface area contributed by atoms with E-state index >= 15 is 0 Å². The Morgan fingerprint density at radius 1 is 1.45 bits per heavy atom. The topological polar surface area (TPSA) is 41.1 Å². The second-order valence-corrected chi connectivity index (χ2v) is 2.17. The number of carbonyl (C=O) groups is 1. The second kappa shape index (κ2) is 7.41. The Labute approximate surface area is 71.8 Å². The number of allylic oxidation sites excluding steroid dienone is 1. The summed E-state index contributed by atoms with van der Waals surface area (Å²) in [6.45, 7) is 3.04. The predicted octanol–water partition coefficient (Wildman–Crippen LogP) is 1.10. The van der Waals surface area contributed by atoms with Gasteiger partial charge in [0.05, 0.1) is 0 Å². The fraction of sp³-hybridized carbons (Fsp3) is 0.571. The highest BCUT2D eigenvalue weighted by Gasteiger charge is 1.91. The molecule has 0 fully saturated rings. The Hall–Kier alpha value is -0.700. The van der Waals surface area contributed by atoms with Gasteiger partial charge in [0, 0.05) is 19.0 Å². The van der Waals surface area contributed by atoms with Gasteiger partial charge in [-0.25, -0.2) is 4.79 Å². The van der Waals surface area contributed by atoms with E-state index in [1.54, 1.807) is 6.08 Å². The van der Waals surface area contributed by atoms with Crippen LogP contribution in [-0.2, 0) is 0 Å². The number of alkyl halides is 1. The third-order valence-electron chi connectivity index (χ3n) is 0.974. The first-order chi connectivity index (χ1) is 5.31. The summed E-state index contributed by atoms with van der Waals surface area (Å²) in [4.78, 5) is 10.7. The minimum absolute atomic E-state index is 0.147. The molecule has 0 rings (SSSR count). The molecule has 2 N–H and O–H groups in total. The van der Waals surface area contributed by atoms with Crippen molar-refractivity contribution in [3.63, 3.8) is 0 Å². The summed E-state index contributed by atoms with van der Waals surface area (Å²) in [5.74, 6) is 0.483. The molecule has 11 heavy (non-hydrogen) atoms. The standard InChI is InChI=1S/C7H13ClN2O/c1-2-9-7(11)10-6-4-3-5-8/h3-4H,2,5-6H2,1H3,(H2,9,10,11)/b4-3+. The first kappa shape index (κ1) is 10.3. The Bertz CT molecular complexity index is 136. The van der Waals surface area contributed by atoms with Crippen LogP contribution in [-0.4, -0.2) is 25.0 Å². The number of amides is 2. The molecule has 0 aliphatic heterocycles. The molecule has 0 aliphatic carbocycles. The van der Waals surface area contributed by atoms with Crippen LogP contribution in [0.3, 0.4) is 0 Å². The molecule has 0 aromatic rings. The summed E-state index contributed by atoms with van der Waals surface area (Å²) < 4.78 is 0. The molecule has 0 radical (unpaired) electrons. The average molecular weight is 177 g/mol. The van der Waals surface area contributed by atoms with Gasteiger partial charge in [0.15, 0.2) is 0 Å². The van der Waals surface area contributed by atoms with Gasteiger partial charge in [-0.15, -0.1) is 11.6 Å². The van der Waals surface area contributed by atoms with Crippen LogP contribution in [0.1, 0.15) is 6.92 Å². The van der Waals surface area contributed by atoms with Gasteiger partial charge in [-0.2, -0.15) is 0 Å². The summed E-state index contributed by atoms with van der Waals surface area (Å²) in [6, 6.07) is -0.147. The van der Waals surface area contributed by atoms with E-state index in [0.717, 1.165) is 0 Å². The molecule has 0 aromatic carbocycles. The fourth-order valence-electron chi connectivity index (χ4n) is 0.521. The van der Waals surface area contributed by atoms with Gasteiger partial charge in [-0.3, -0.25) is 0 Å². The van der Waals surface area contributed by atoms with Gasteiger partial charge in [-0.1, -0.05) is 12.2 Å². The maximum absolute atomic E-state index is 10.7. The van der Waals surface area contributed by atoms with Crippen molar-refractivity contribution in [3.8, 4) is 0 Å². The minimum Gasteiger partial charge on any atom is -0.338 e. The Balaban J connectivity index is 3.24. The van der Waals surface area contributed by atoms with Crippen LogP contribution in [0.15, 0.2) is 12.2 Å². The maximum Gasteiger partial charge on any atom is 0.315 e. The number of nitrogens with one attached hydrogen (secondary N) is 2. The number of halogens is 1. The van der Waals surface area contributed by atoms with Gasteiger partial charge < -0.3 is 10.6 Å². The molecule has 2 amide bonds. The van der Waals surface area contributed by atoms with Gasteiger partial charge in [0.25, 0.3) is 0 Å². The average Bonchev–Trinajstić information content (AvgIpc) is 1.99. The Morgan fingerprint density at radius 2 is 2.18 bits per heavy atom. The highest BCUT2D eigenvalue weighted by Crippen LogP contribution is 1.76. The van der Waals surface area contributed by atoms with Crippen molar-refractivity contribution in [1.29, 1.82) is 0 Å². The lowest BCUT2D eigenvalue weighted by Crippen LogP contribution is -2.35. The summed E-state index contributed by atoms with van der Waals surface area (Å²) in [5.41, 5.74) is 0. The van der Waals surface area contributed by atoms with Crippen molar-refractivity contribution in [3.05, 3.63) is 12.2 Å². The van der Waals surface area contributed by atoms with Crippen molar-refractivity contribution in [1.82, 2.24) is 10.6 Å². The van der Waals surface area contributed by atoms with Crippen LogP contribution in [0.25, 0.3) is 0 Å². The molecule has 0 heterocycles. The Kier molecular flexibility index (Phi) is 6.94. The SMILES string of the molecule is CCNC(=O)NC/C=C/CCl. The second-order valence-electron chi connectivity index (χ2n) is 1.87. The number of hydrogen-bond acceptors (Lipinski definition) is 1. The molecule has 0 atom stereocenters. The molecular formula is C7H13ClN2O. The molecule has 0 aliphatic rings. The highest BCUT2D eigenvalue weighted by molar-refractivity contribution is 6.18. The summed E-state index contributed by atoms with van der Waals surface area (Å²) in [5, 5.41) is 5.23. The monoisotopic (exact) mass is 176 g/mol. The van der Waals surface area contributed by atoms with Crippen molar-refractivity contribution < 1.29 is 4.79 Å². The van der Waals surface area contributed by atoms with Gasteiger partial charge in [0.1, 0.15) is 0 Å². The molecule has 0 spiro atoms. The van der Waals surface area contributed by atoms with Crippen molar-refractivity contribution >= 4 is 17.6 Å². The zero-order valence-corrected chi connectivity index (χ0v) is 7.32. The molecule has 0 bridgehead atoms. The molecule has 4 heteroatoms. The van der Waals surface area contributed by atoms with E-state index in [1.807, 2.05) is 13.0 Å². The summed E-state index contributed by atoms with van der Waals surface area (Å²) in [6.07, 6.45) is 3.59. The van der Waals surface area contributed by atoms with Crippen molar-refractivity contribution in [2.75, 3.05) is 19.0 Å². The van der Waals surface area contributed by atoms with Crippen LogP contribution in [0.5, 0.6) is 0 Å². The maximum atomic E-state index is 10.7. The normalized spacial score (nSPS) is 10.0. The molecule has 0 unspecified atom stereocenters. The van der Waals surface area contributed by atoms with E-state index in [1.165, 1.54) is 0 Å². The fourth-order valence-corrected chi connectivity index (χ4v) is 0.647. The summed E-state index contributed by atoms with van der Waals surface area (Å²) in [7, 11) is 0. The van der Waals surface area contributed by atoms with Crippen LogP contribution in [0.4, 0.5) is 4.79 Å².